The molecule has 0 aliphatic carbocycles. The van der Waals surface area contributed by atoms with Crippen LogP contribution < -0.4 is 9.62 Å². The monoisotopic (exact) mass is 400 g/mol. The van der Waals surface area contributed by atoms with Gasteiger partial charge in [0.25, 0.3) is 15.9 Å². The van der Waals surface area contributed by atoms with Gasteiger partial charge < -0.3 is 4.90 Å². The largest absolute Gasteiger partial charge is 0.312 e. The molecule has 0 unspecified atom stereocenters. The maximum atomic E-state index is 12.6. The zero-order valence-corrected chi connectivity index (χ0v) is 17.0. The van der Waals surface area contributed by atoms with Crippen molar-refractivity contribution in [3.05, 3.63) is 59.7 Å². The molecule has 2 aromatic rings. The van der Waals surface area contributed by atoms with Gasteiger partial charge in [-0.1, -0.05) is 39.0 Å². The molecule has 2 amide bonds. The summed E-state index contributed by atoms with van der Waals surface area (Å²) in [5.41, 5.74) is 1.69. The van der Waals surface area contributed by atoms with Gasteiger partial charge in [0.2, 0.25) is 5.91 Å². The Kier molecular flexibility index (Phi) is 5.30. The predicted molar refractivity (Wildman–Crippen MR) is 108 cm³/mol. The molecule has 0 atom stereocenters. The van der Waals surface area contributed by atoms with E-state index in [1.165, 1.54) is 24.3 Å². The van der Waals surface area contributed by atoms with E-state index in [0.29, 0.717) is 18.7 Å². The van der Waals surface area contributed by atoms with E-state index in [1.54, 1.807) is 29.2 Å². The highest BCUT2D eigenvalue weighted by Crippen LogP contribution is 2.24. The number of carbonyl (C=O) groups is 2. The summed E-state index contributed by atoms with van der Waals surface area (Å²) in [6, 6.07) is 12.9. The lowest BCUT2D eigenvalue weighted by molar-refractivity contribution is -0.117. The molecular formula is C21H24N2O4S. The lowest BCUT2D eigenvalue weighted by Crippen LogP contribution is -2.31. The van der Waals surface area contributed by atoms with Crippen molar-refractivity contribution >= 4 is 27.5 Å². The molecule has 2 aromatic carbocycles. The fourth-order valence-electron chi connectivity index (χ4n) is 3.11. The quantitative estimate of drug-likeness (QED) is 0.854. The lowest BCUT2D eigenvalue weighted by atomic mass is 9.87. The number of nitrogens with one attached hydrogen (secondary N) is 1. The van der Waals surface area contributed by atoms with Gasteiger partial charge >= 0.3 is 0 Å². The van der Waals surface area contributed by atoms with E-state index in [4.69, 9.17) is 0 Å². The van der Waals surface area contributed by atoms with Crippen LogP contribution in [0.5, 0.6) is 0 Å². The average molecular weight is 401 g/mol. The van der Waals surface area contributed by atoms with E-state index in [1.807, 2.05) is 20.8 Å². The second-order valence-corrected chi connectivity index (χ2v) is 9.59. The summed E-state index contributed by atoms with van der Waals surface area (Å²) in [5, 5.41) is 0. The maximum absolute atomic E-state index is 12.6. The number of hydrogen-bond acceptors (Lipinski definition) is 4. The molecule has 148 valence electrons. The first-order valence-electron chi connectivity index (χ1n) is 9.16. The molecule has 0 aromatic heterocycles. The third-order valence-electron chi connectivity index (χ3n) is 4.75. The summed E-state index contributed by atoms with van der Waals surface area (Å²) in [4.78, 5) is 26.0. The first-order valence-corrected chi connectivity index (χ1v) is 10.6. The number of benzene rings is 2. The first kappa shape index (κ1) is 20.1. The van der Waals surface area contributed by atoms with Crippen molar-refractivity contribution in [1.82, 2.24) is 4.72 Å². The minimum absolute atomic E-state index is 0.00381. The number of hydrogen-bond donors (Lipinski definition) is 1. The second-order valence-electron chi connectivity index (χ2n) is 7.91. The minimum atomic E-state index is -3.99. The Hall–Kier alpha value is -2.67. The van der Waals surface area contributed by atoms with Crippen molar-refractivity contribution in [2.75, 3.05) is 11.4 Å². The Labute approximate surface area is 165 Å². The third kappa shape index (κ3) is 4.25. The number of nitrogens with zero attached hydrogens (tertiary/aromatic N) is 1. The molecule has 7 heteroatoms. The summed E-state index contributed by atoms with van der Waals surface area (Å²) in [5.74, 6) is -0.725. The van der Waals surface area contributed by atoms with Crippen LogP contribution in [-0.4, -0.2) is 26.8 Å². The van der Waals surface area contributed by atoms with Crippen LogP contribution >= 0.6 is 0 Å². The molecule has 0 spiro atoms. The molecule has 1 N–H and O–H groups in total. The highest BCUT2D eigenvalue weighted by Gasteiger charge is 2.24. The summed E-state index contributed by atoms with van der Waals surface area (Å²) >= 11 is 0. The van der Waals surface area contributed by atoms with Crippen molar-refractivity contribution < 1.29 is 18.0 Å². The topological polar surface area (TPSA) is 83.6 Å². The van der Waals surface area contributed by atoms with E-state index in [-0.39, 0.29) is 21.8 Å². The van der Waals surface area contributed by atoms with Gasteiger partial charge in [0.15, 0.2) is 0 Å². The third-order valence-corrected chi connectivity index (χ3v) is 6.10. The number of amides is 2. The van der Waals surface area contributed by atoms with Gasteiger partial charge in [-0.15, -0.1) is 0 Å². The average Bonchev–Trinajstić information content (AvgIpc) is 3.07. The standard InChI is InChI=1S/C21H24N2O4S/c1-21(2,3)16-9-11-18(12-10-16)28(26,27)22-20(25)15-6-4-7-17(14-15)23-13-5-8-19(23)24/h4,6-7,9-12,14H,5,8,13H2,1-3H3,(H,22,25). The Morgan fingerprint density at radius 2 is 1.75 bits per heavy atom. The van der Waals surface area contributed by atoms with Crippen molar-refractivity contribution in [1.29, 1.82) is 0 Å². The molecule has 1 fully saturated rings. The Balaban J connectivity index is 1.79. The van der Waals surface area contributed by atoms with Gasteiger partial charge in [-0.3, -0.25) is 9.59 Å². The lowest BCUT2D eigenvalue weighted by Gasteiger charge is -2.19. The zero-order chi connectivity index (χ0) is 20.5. The van der Waals surface area contributed by atoms with Crippen LogP contribution in [-0.2, 0) is 20.2 Å². The van der Waals surface area contributed by atoms with Gasteiger partial charge in [0.05, 0.1) is 4.90 Å². The minimum Gasteiger partial charge on any atom is -0.312 e. The molecule has 6 nitrogen and oxygen atoms in total. The van der Waals surface area contributed by atoms with Gasteiger partial charge in [0, 0.05) is 24.2 Å². The van der Waals surface area contributed by atoms with E-state index < -0.39 is 15.9 Å². The van der Waals surface area contributed by atoms with Crippen LogP contribution in [0, 0.1) is 0 Å². The molecule has 1 aliphatic rings. The second kappa shape index (κ2) is 7.39. The molecule has 28 heavy (non-hydrogen) atoms. The Morgan fingerprint density at radius 1 is 1.07 bits per heavy atom. The van der Waals surface area contributed by atoms with E-state index in [9.17, 15) is 18.0 Å². The number of sulfonamides is 1. The summed E-state index contributed by atoms with van der Waals surface area (Å²) in [6.07, 6.45) is 1.25. The Morgan fingerprint density at radius 3 is 2.32 bits per heavy atom. The number of anilines is 1. The van der Waals surface area contributed by atoms with Crippen LogP contribution in [0.4, 0.5) is 5.69 Å². The van der Waals surface area contributed by atoms with Gasteiger partial charge in [-0.25, -0.2) is 13.1 Å². The smallest absolute Gasteiger partial charge is 0.265 e. The van der Waals surface area contributed by atoms with Crippen molar-refractivity contribution in [2.24, 2.45) is 0 Å². The summed E-state index contributed by atoms with van der Waals surface area (Å²) in [7, 11) is -3.99. The SMILES string of the molecule is CC(C)(C)c1ccc(S(=O)(=O)NC(=O)c2cccc(N3CCCC3=O)c2)cc1. The normalized spacial score (nSPS) is 15.0. The highest BCUT2D eigenvalue weighted by molar-refractivity contribution is 7.90. The van der Waals surface area contributed by atoms with Crippen molar-refractivity contribution in [3.63, 3.8) is 0 Å². The van der Waals surface area contributed by atoms with E-state index >= 15 is 0 Å². The van der Waals surface area contributed by atoms with E-state index in [0.717, 1.165) is 12.0 Å². The molecular weight excluding hydrogens is 376 g/mol. The molecule has 1 aliphatic heterocycles. The van der Waals surface area contributed by atoms with Crippen LogP contribution in [0.1, 0.15) is 49.5 Å². The summed E-state index contributed by atoms with van der Waals surface area (Å²) in [6.45, 7) is 6.71. The fraction of sp³-hybridized carbons (Fsp3) is 0.333. The fourth-order valence-corrected chi connectivity index (χ4v) is 4.08. The van der Waals surface area contributed by atoms with Crippen LogP contribution in [0.3, 0.4) is 0 Å². The molecule has 1 saturated heterocycles. The number of carbonyl (C=O) groups excluding carboxylic acids is 2. The molecule has 0 bridgehead atoms. The van der Waals surface area contributed by atoms with Crippen molar-refractivity contribution in [2.45, 2.75) is 43.9 Å². The summed E-state index contributed by atoms with van der Waals surface area (Å²) < 4.78 is 27.3. The Bertz CT molecular complexity index is 1010. The van der Waals surface area contributed by atoms with Crippen LogP contribution in [0.2, 0.25) is 0 Å². The molecule has 0 saturated carbocycles. The number of rotatable bonds is 4. The van der Waals surface area contributed by atoms with Crippen LogP contribution in [0.25, 0.3) is 0 Å². The van der Waals surface area contributed by atoms with Gasteiger partial charge in [-0.05, 0) is 47.7 Å². The van der Waals surface area contributed by atoms with Crippen LogP contribution in [0.15, 0.2) is 53.4 Å². The first-order chi connectivity index (χ1) is 13.1. The molecule has 3 rings (SSSR count). The molecule has 1 heterocycles. The predicted octanol–water partition coefficient (Wildman–Crippen LogP) is 3.23. The van der Waals surface area contributed by atoms with Gasteiger partial charge in [-0.2, -0.15) is 0 Å². The van der Waals surface area contributed by atoms with E-state index in [2.05, 4.69) is 4.72 Å². The molecule has 0 radical (unpaired) electrons. The van der Waals surface area contributed by atoms with Crippen molar-refractivity contribution in [3.8, 4) is 0 Å². The maximum Gasteiger partial charge on any atom is 0.265 e. The highest BCUT2D eigenvalue weighted by atomic mass is 32.2. The zero-order valence-electron chi connectivity index (χ0n) is 16.2. The van der Waals surface area contributed by atoms with Gasteiger partial charge in [0.1, 0.15) is 0 Å².